The first-order chi connectivity index (χ1) is 17.2. The molecule has 0 aliphatic carbocycles. The Bertz CT molecular complexity index is 1360. The van der Waals surface area contributed by atoms with Crippen molar-refractivity contribution in [2.75, 3.05) is 58.5 Å². The molecule has 2 aromatic carbocycles. The van der Waals surface area contributed by atoms with Crippen molar-refractivity contribution in [3.8, 4) is 0 Å². The molecule has 0 fully saturated rings. The summed E-state index contributed by atoms with van der Waals surface area (Å²) in [4.78, 5) is 35.1. The molecule has 9 heteroatoms. The Morgan fingerprint density at radius 2 is 1.78 bits per heavy atom. The topological polar surface area (TPSA) is 82.5 Å². The van der Waals surface area contributed by atoms with E-state index in [4.69, 9.17) is 4.98 Å². The first kappa shape index (κ1) is 25.5. The van der Waals surface area contributed by atoms with Gasteiger partial charge in [0, 0.05) is 24.3 Å². The van der Waals surface area contributed by atoms with Gasteiger partial charge in [0.2, 0.25) is 0 Å². The third-order valence-electron chi connectivity index (χ3n) is 6.14. The van der Waals surface area contributed by atoms with Crippen LogP contribution in [0.15, 0.2) is 41.2 Å². The van der Waals surface area contributed by atoms with Gasteiger partial charge in [-0.1, -0.05) is 18.2 Å². The third-order valence-corrected chi connectivity index (χ3v) is 6.14. The van der Waals surface area contributed by atoms with Gasteiger partial charge in [-0.15, -0.1) is 0 Å². The second kappa shape index (κ2) is 11.0. The molecule has 3 aromatic rings. The zero-order valence-electron chi connectivity index (χ0n) is 21.3. The zero-order valence-corrected chi connectivity index (χ0v) is 21.3. The van der Waals surface area contributed by atoms with Crippen LogP contribution in [0.1, 0.15) is 24.2 Å². The molecule has 0 atom stereocenters. The lowest BCUT2D eigenvalue weighted by molar-refractivity contribution is -0.110. The Hall–Kier alpha value is -3.56. The van der Waals surface area contributed by atoms with Crippen LogP contribution in [0.25, 0.3) is 22.6 Å². The number of carbonyl (C=O) groups is 1. The molecule has 1 aromatic heterocycles. The molecule has 4 rings (SSSR count). The lowest BCUT2D eigenvalue weighted by Crippen LogP contribution is -2.26. The number of nitrogens with zero attached hydrogens (tertiary/aromatic N) is 4. The standard InChI is InChI=1S/C27H33FN6O2/c1-32(2)12-7-11-29-24-17-23-20(15-21(24)28)27(36)34(14-8-13-33(3)4)25(30-23)16-19-18-9-5-6-10-22(18)31-26(19)35/h5-6,9-10,15-17,29H,7-8,11-14H2,1-4H3,(H,31,35)/b19-16+. The summed E-state index contributed by atoms with van der Waals surface area (Å²) < 4.78 is 16.4. The average Bonchev–Trinajstić information content (AvgIpc) is 3.14. The van der Waals surface area contributed by atoms with Crippen LogP contribution in [0.2, 0.25) is 0 Å². The van der Waals surface area contributed by atoms with Crippen LogP contribution >= 0.6 is 0 Å². The van der Waals surface area contributed by atoms with Crippen molar-refractivity contribution in [1.82, 2.24) is 19.4 Å². The molecule has 1 amide bonds. The quantitative estimate of drug-likeness (QED) is 0.334. The van der Waals surface area contributed by atoms with Crippen molar-refractivity contribution in [3.63, 3.8) is 0 Å². The molecule has 0 bridgehead atoms. The fourth-order valence-electron chi connectivity index (χ4n) is 4.30. The molecule has 1 aliphatic heterocycles. The minimum absolute atomic E-state index is 0.217. The molecule has 2 N–H and O–H groups in total. The largest absolute Gasteiger partial charge is 0.383 e. The lowest BCUT2D eigenvalue weighted by atomic mass is 10.1. The monoisotopic (exact) mass is 492 g/mol. The number of hydrogen-bond acceptors (Lipinski definition) is 6. The number of nitrogens with one attached hydrogen (secondary N) is 2. The van der Waals surface area contributed by atoms with Crippen LogP contribution in [0, 0.1) is 5.82 Å². The number of rotatable bonds is 10. The maximum Gasteiger partial charge on any atom is 0.261 e. The zero-order chi connectivity index (χ0) is 25.8. The van der Waals surface area contributed by atoms with Gasteiger partial charge in [-0.3, -0.25) is 14.2 Å². The van der Waals surface area contributed by atoms with Crippen molar-refractivity contribution >= 4 is 39.8 Å². The number of anilines is 2. The number of halogens is 1. The number of carbonyl (C=O) groups excluding carboxylic acids is 1. The number of aromatic nitrogens is 2. The van der Waals surface area contributed by atoms with Gasteiger partial charge in [0.15, 0.2) is 0 Å². The molecule has 0 saturated heterocycles. The van der Waals surface area contributed by atoms with Crippen molar-refractivity contribution in [3.05, 3.63) is 64.0 Å². The number of amides is 1. The fourth-order valence-corrected chi connectivity index (χ4v) is 4.30. The van der Waals surface area contributed by atoms with Crippen LogP contribution in [-0.4, -0.2) is 73.1 Å². The summed E-state index contributed by atoms with van der Waals surface area (Å²) in [5.41, 5.74) is 2.30. The Morgan fingerprint density at radius 3 is 2.53 bits per heavy atom. The molecule has 190 valence electrons. The van der Waals surface area contributed by atoms with Gasteiger partial charge in [-0.2, -0.15) is 0 Å². The predicted octanol–water partition coefficient (Wildman–Crippen LogP) is 3.34. The summed E-state index contributed by atoms with van der Waals surface area (Å²) in [5.74, 6) is -0.354. The van der Waals surface area contributed by atoms with Crippen molar-refractivity contribution in [2.24, 2.45) is 0 Å². The number of para-hydroxylation sites is 1. The molecule has 8 nitrogen and oxygen atoms in total. The minimum Gasteiger partial charge on any atom is -0.383 e. The highest BCUT2D eigenvalue weighted by atomic mass is 19.1. The normalized spacial score (nSPS) is 14.2. The van der Waals surface area contributed by atoms with Crippen LogP contribution in [-0.2, 0) is 11.3 Å². The molecule has 1 aliphatic rings. The highest BCUT2D eigenvalue weighted by Gasteiger charge is 2.24. The van der Waals surface area contributed by atoms with Gasteiger partial charge in [-0.05, 0) is 78.4 Å². The maximum atomic E-state index is 14.9. The van der Waals surface area contributed by atoms with E-state index in [9.17, 15) is 14.0 Å². The SMILES string of the molecule is CN(C)CCCNc1cc2nc(/C=C3/C(=O)Nc4ccccc43)n(CCCN(C)C)c(=O)c2cc1F. The smallest absolute Gasteiger partial charge is 0.261 e. The van der Waals surface area contributed by atoms with E-state index in [0.717, 1.165) is 30.8 Å². The van der Waals surface area contributed by atoms with E-state index in [2.05, 4.69) is 15.5 Å². The van der Waals surface area contributed by atoms with Gasteiger partial charge in [0.1, 0.15) is 11.6 Å². The molecule has 36 heavy (non-hydrogen) atoms. The summed E-state index contributed by atoms with van der Waals surface area (Å²) in [6, 6.07) is 10.3. The van der Waals surface area contributed by atoms with Gasteiger partial charge >= 0.3 is 0 Å². The Labute approximate surface area is 210 Å². The van der Waals surface area contributed by atoms with E-state index < -0.39 is 5.82 Å². The second-order valence-electron chi connectivity index (χ2n) is 9.57. The predicted molar refractivity (Wildman–Crippen MR) is 144 cm³/mol. The van der Waals surface area contributed by atoms with E-state index in [1.807, 2.05) is 57.4 Å². The molecule has 0 saturated carbocycles. The van der Waals surface area contributed by atoms with Gasteiger partial charge in [-0.25, -0.2) is 9.37 Å². The summed E-state index contributed by atoms with van der Waals surface area (Å²) >= 11 is 0. The van der Waals surface area contributed by atoms with E-state index in [1.165, 1.54) is 10.6 Å². The molecule has 0 unspecified atom stereocenters. The van der Waals surface area contributed by atoms with Crippen LogP contribution < -0.4 is 16.2 Å². The van der Waals surface area contributed by atoms with Crippen LogP contribution in [0.3, 0.4) is 0 Å². The van der Waals surface area contributed by atoms with Crippen molar-refractivity contribution < 1.29 is 9.18 Å². The van der Waals surface area contributed by atoms with E-state index in [1.54, 1.807) is 12.1 Å². The average molecular weight is 493 g/mol. The van der Waals surface area contributed by atoms with Gasteiger partial charge < -0.3 is 20.4 Å². The van der Waals surface area contributed by atoms with Crippen molar-refractivity contribution in [2.45, 2.75) is 19.4 Å². The summed E-state index contributed by atoms with van der Waals surface area (Å²) in [5, 5.41) is 6.19. The first-order valence-electron chi connectivity index (χ1n) is 12.1. The number of benzene rings is 2. The fraction of sp³-hybridized carbons (Fsp3) is 0.370. The number of fused-ring (bicyclic) bond motifs is 2. The Kier molecular flexibility index (Phi) is 7.81. The highest BCUT2D eigenvalue weighted by molar-refractivity contribution is 6.34. The lowest BCUT2D eigenvalue weighted by Gasteiger charge is -2.15. The summed E-state index contributed by atoms with van der Waals surface area (Å²) in [7, 11) is 7.91. The third kappa shape index (κ3) is 5.63. The van der Waals surface area contributed by atoms with Crippen LogP contribution in [0.5, 0.6) is 0 Å². The Balaban J connectivity index is 1.78. The van der Waals surface area contributed by atoms with Crippen molar-refractivity contribution in [1.29, 1.82) is 0 Å². The van der Waals surface area contributed by atoms with Crippen LogP contribution in [0.4, 0.5) is 15.8 Å². The van der Waals surface area contributed by atoms with Gasteiger partial charge in [0.05, 0.1) is 22.2 Å². The van der Waals surface area contributed by atoms with E-state index in [0.29, 0.717) is 42.1 Å². The summed E-state index contributed by atoms with van der Waals surface area (Å²) in [6.45, 7) is 2.64. The first-order valence-corrected chi connectivity index (χ1v) is 12.1. The maximum absolute atomic E-state index is 14.9. The van der Waals surface area contributed by atoms with E-state index >= 15 is 0 Å². The minimum atomic E-state index is -0.485. The molecular formula is C27H33FN6O2. The van der Waals surface area contributed by atoms with E-state index in [-0.39, 0.29) is 16.9 Å². The van der Waals surface area contributed by atoms with Gasteiger partial charge in [0.25, 0.3) is 11.5 Å². The number of hydrogen-bond donors (Lipinski definition) is 2. The molecular weight excluding hydrogens is 459 g/mol. The Morgan fingerprint density at radius 1 is 1.06 bits per heavy atom. The molecule has 2 heterocycles. The summed E-state index contributed by atoms with van der Waals surface area (Å²) in [6.07, 6.45) is 3.20. The molecule has 0 radical (unpaired) electrons. The highest BCUT2D eigenvalue weighted by Crippen LogP contribution is 2.32. The second-order valence-corrected chi connectivity index (χ2v) is 9.57. The molecule has 0 spiro atoms.